The van der Waals surface area contributed by atoms with Crippen molar-refractivity contribution < 1.29 is 68.4 Å². The van der Waals surface area contributed by atoms with Gasteiger partial charge in [-0.2, -0.15) is 0 Å². The molecule has 4 aromatic carbocycles. The van der Waals surface area contributed by atoms with Crippen LogP contribution in [-0.2, 0) is 80.0 Å². The number of nitrogens with one attached hydrogen (secondary N) is 6. The van der Waals surface area contributed by atoms with E-state index in [4.69, 9.17) is 39.6 Å². The lowest BCUT2D eigenvalue weighted by Crippen LogP contribution is -2.62. The number of carbonyl (C=O) groups excluding carboxylic acids is 9. The zero-order valence-electron chi connectivity index (χ0n) is 46.6. The third-order valence-electron chi connectivity index (χ3n) is 13.8. The average molecular weight is 1230 g/mol. The molecule has 1 aliphatic rings. The number of aliphatic hydroxyl groups is 1. The van der Waals surface area contributed by atoms with Gasteiger partial charge in [-0.15, -0.1) is 0 Å². The predicted molar refractivity (Wildman–Crippen MR) is 319 cm³/mol. The van der Waals surface area contributed by atoms with Gasteiger partial charge in [-0.1, -0.05) is 93.9 Å². The highest BCUT2D eigenvalue weighted by Gasteiger charge is 2.37. The van der Waals surface area contributed by atoms with Gasteiger partial charge in [0.1, 0.15) is 41.7 Å². The quantitative estimate of drug-likeness (QED) is 0.0347. The first-order chi connectivity index (χ1) is 40.4. The highest BCUT2D eigenvalue weighted by molar-refractivity contribution is 8.76. The van der Waals surface area contributed by atoms with Crippen molar-refractivity contribution in [2.45, 2.75) is 126 Å². The Bertz CT molecular complexity index is 2960. The molecule has 0 spiro atoms. The molecule has 1 fully saturated rings. The van der Waals surface area contributed by atoms with Crippen molar-refractivity contribution in [3.63, 3.8) is 0 Å². The van der Waals surface area contributed by atoms with Gasteiger partial charge >= 0.3 is 5.97 Å². The van der Waals surface area contributed by atoms with Gasteiger partial charge in [0.15, 0.2) is 11.6 Å². The molecular weight excluding hydrogens is 1160 g/mol. The van der Waals surface area contributed by atoms with Gasteiger partial charge in [0, 0.05) is 48.1 Å². The van der Waals surface area contributed by atoms with Crippen LogP contribution in [0.3, 0.4) is 0 Å². The number of carbonyl (C=O) groups is 10. The van der Waals surface area contributed by atoms with Crippen LogP contribution in [0.2, 0.25) is 5.02 Å². The van der Waals surface area contributed by atoms with Crippen LogP contribution in [0.25, 0.3) is 0 Å². The van der Waals surface area contributed by atoms with E-state index in [1.54, 1.807) is 48.5 Å². The molecule has 0 bridgehead atoms. The third kappa shape index (κ3) is 22.7. The molecule has 5 rings (SSSR count). The molecule has 1 saturated heterocycles. The first-order valence-corrected chi connectivity index (χ1v) is 30.2. The number of carboxylic acid groups (broad SMARTS) is 1. The van der Waals surface area contributed by atoms with Crippen molar-refractivity contribution in [3.8, 4) is 11.5 Å². The van der Waals surface area contributed by atoms with Crippen LogP contribution in [-0.4, -0.2) is 152 Å². The van der Waals surface area contributed by atoms with Gasteiger partial charge in [-0.3, -0.25) is 47.9 Å². The smallest absolute Gasteiger partial charge is 0.305 e. The number of nitrogens with two attached hydrogens (primary N) is 4. The van der Waals surface area contributed by atoms with Crippen LogP contribution in [0.1, 0.15) is 66.8 Å². The van der Waals surface area contributed by atoms with Gasteiger partial charge in [0.05, 0.1) is 30.7 Å². The van der Waals surface area contributed by atoms with E-state index in [2.05, 4.69) is 31.9 Å². The Morgan fingerprint density at radius 3 is 1.81 bits per heavy atom. The number of hydrogen-bond donors (Lipinski definition) is 14. The summed E-state index contributed by atoms with van der Waals surface area (Å²) in [6.07, 6.45) is -2.92. The van der Waals surface area contributed by atoms with Crippen LogP contribution in [0.15, 0.2) is 97.1 Å². The SMILES string of the molecule is C[C@@H](O)[C@@H]1NC(=O)[C@H](CCCCN)NC(=O)[C@@H](Cc2ccc(CC(=O)[C@@H](N)CC(=O)O)cc2)NC(=O)[C@H](Cc2ccc(O)cc2)CC(=O)[C@H](NC(=O)[C@@H](N)Cc2ccc(Cl)cc2)CSSC[C@@H](C(=O)N[C@H](Cc2ccc(O)cc2)C(N)=O)NC1=O. The van der Waals surface area contributed by atoms with Crippen molar-refractivity contribution in [1.29, 1.82) is 0 Å². The standard InChI is InChI=1S/C58H73ClN10O14S2/c1-31(70)51-58(83)68-47(57(82)65-44(52(63)77)24-35-13-19-40(72)20-14-35)30-85-84-29-46(67-54(79)42(62)23-33-9-15-38(59)16-10-33)49(74)27-37(22-32-11-17-39(71)18-12-32)53(78)66-45(56(81)64-43(55(80)69-51)4-2-3-21-60)25-34-5-7-36(8-6-34)26-48(73)41(61)28-50(75)76/h5-20,31,37,41-47,51,70-72H,2-4,21-30,60-62H2,1H3,(H2,63,77)(H,64,81)(H,65,82)(H,66,78)(H,67,79)(H,68,83)(H,69,80)(H,75,76)/t31-,37-,41+,42+,43+,44-,45-,46-,47+,51+/m1/s1. The van der Waals surface area contributed by atoms with Gasteiger partial charge in [0.2, 0.25) is 41.4 Å². The number of primary amides is 1. The lowest BCUT2D eigenvalue weighted by molar-refractivity contribution is -0.139. The normalized spacial score (nSPS) is 20.8. The van der Waals surface area contributed by atoms with Gasteiger partial charge < -0.3 is 75.3 Å². The van der Waals surface area contributed by atoms with Crippen molar-refractivity contribution in [2.24, 2.45) is 28.9 Å². The Balaban J connectivity index is 1.58. The molecule has 0 saturated carbocycles. The number of aliphatic carboxylic acids is 1. The minimum atomic E-state index is -1.78. The Morgan fingerprint density at radius 2 is 1.21 bits per heavy atom. The molecule has 0 aromatic heterocycles. The van der Waals surface area contributed by atoms with Crippen LogP contribution < -0.4 is 54.8 Å². The van der Waals surface area contributed by atoms with Gasteiger partial charge in [0.25, 0.3) is 0 Å². The largest absolute Gasteiger partial charge is 0.508 e. The first-order valence-electron chi connectivity index (χ1n) is 27.3. The van der Waals surface area contributed by atoms with E-state index < -0.39 is 132 Å². The summed E-state index contributed by atoms with van der Waals surface area (Å²) in [5, 5.41) is 56.4. The number of hydrogen-bond acceptors (Lipinski definition) is 18. The number of Topliss-reactive ketones (excluding diaryl/α,β-unsaturated/α-hetero) is 2. The fourth-order valence-corrected chi connectivity index (χ4v) is 11.4. The minimum Gasteiger partial charge on any atom is -0.508 e. The highest BCUT2D eigenvalue weighted by atomic mass is 35.5. The van der Waals surface area contributed by atoms with Gasteiger partial charge in [-0.05, 0) is 110 Å². The number of carboxylic acids is 1. The molecule has 1 aliphatic heterocycles. The second-order valence-corrected chi connectivity index (χ2v) is 23.7. The lowest BCUT2D eigenvalue weighted by Gasteiger charge is -2.29. The van der Waals surface area contributed by atoms with Crippen molar-refractivity contribution in [1.82, 2.24) is 31.9 Å². The molecule has 4 aromatic rings. The van der Waals surface area contributed by atoms with Crippen LogP contribution in [0, 0.1) is 5.92 Å². The monoisotopic (exact) mass is 1230 g/mol. The maximum atomic E-state index is 14.9. The summed E-state index contributed by atoms with van der Waals surface area (Å²) in [4.78, 5) is 138. The lowest BCUT2D eigenvalue weighted by atomic mass is 9.90. The molecule has 0 aliphatic carbocycles. The molecule has 27 heteroatoms. The van der Waals surface area contributed by atoms with Crippen LogP contribution in [0.5, 0.6) is 11.5 Å². The van der Waals surface area contributed by atoms with E-state index in [0.717, 1.165) is 21.6 Å². The number of ketones is 2. The molecule has 24 nitrogen and oxygen atoms in total. The highest BCUT2D eigenvalue weighted by Crippen LogP contribution is 2.26. The van der Waals surface area contributed by atoms with Crippen LogP contribution in [0.4, 0.5) is 0 Å². The molecule has 1 heterocycles. The Hall–Kier alpha value is -7.59. The molecule has 85 heavy (non-hydrogen) atoms. The predicted octanol–water partition coefficient (Wildman–Crippen LogP) is 0.137. The van der Waals surface area contributed by atoms with Crippen molar-refractivity contribution in [3.05, 3.63) is 130 Å². The third-order valence-corrected chi connectivity index (χ3v) is 16.5. The summed E-state index contributed by atoms with van der Waals surface area (Å²) in [6, 6.07) is 12.9. The number of rotatable bonds is 23. The summed E-state index contributed by atoms with van der Waals surface area (Å²) in [5.41, 5.74) is 26.3. The van der Waals surface area contributed by atoms with E-state index in [1.807, 2.05) is 0 Å². The number of aromatic hydroxyl groups is 2. The summed E-state index contributed by atoms with van der Waals surface area (Å²) < 4.78 is 0. The number of halogens is 1. The zero-order valence-corrected chi connectivity index (χ0v) is 49.0. The minimum absolute atomic E-state index is 0.0280. The molecule has 10 atom stereocenters. The maximum absolute atomic E-state index is 14.9. The first kappa shape index (κ1) is 68.2. The molecule has 458 valence electrons. The fraction of sp³-hybridized carbons (Fsp3) is 0.414. The Kier molecular flexibility index (Phi) is 27.1. The molecule has 0 radical (unpaired) electrons. The fourth-order valence-electron chi connectivity index (χ4n) is 8.91. The summed E-state index contributed by atoms with van der Waals surface area (Å²) in [6.45, 7) is 1.39. The summed E-state index contributed by atoms with van der Waals surface area (Å²) in [7, 11) is 1.94. The number of phenolic OH excluding ortho intramolecular Hbond substituents is 2. The topological polar surface area (TPSA) is 428 Å². The van der Waals surface area contributed by atoms with E-state index in [9.17, 15) is 63.3 Å². The van der Waals surface area contributed by atoms with Crippen LogP contribution >= 0.6 is 33.2 Å². The summed E-state index contributed by atoms with van der Waals surface area (Å²) >= 11 is 6.08. The molecule has 18 N–H and O–H groups in total. The second kappa shape index (κ2) is 33.8. The number of aliphatic hydroxyl groups excluding tert-OH is 1. The average Bonchev–Trinajstić information content (AvgIpc) is 3.67. The van der Waals surface area contributed by atoms with Gasteiger partial charge in [-0.25, -0.2) is 0 Å². The Morgan fingerprint density at radius 1 is 0.671 bits per heavy atom. The van der Waals surface area contributed by atoms with E-state index in [0.29, 0.717) is 39.3 Å². The summed E-state index contributed by atoms with van der Waals surface area (Å²) in [5.74, 6) is -10.8. The van der Waals surface area contributed by atoms with Crippen molar-refractivity contribution in [2.75, 3.05) is 18.1 Å². The number of phenols is 2. The number of unbranched alkanes of at least 4 members (excludes halogenated alkanes) is 1. The zero-order chi connectivity index (χ0) is 62.3. The molecule has 7 amide bonds. The van der Waals surface area contributed by atoms with E-state index in [1.165, 1.54) is 55.5 Å². The van der Waals surface area contributed by atoms with E-state index >= 15 is 0 Å². The van der Waals surface area contributed by atoms with E-state index in [-0.39, 0.29) is 74.5 Å². The second-order valence-electron chi connectivity index (χ2n) is 20.7. The maximum Gasteiger partial charge on any atom is 0.305 e. The Labute approximate surface area is 503 Å². The van der Waals surface area contributed by atoms with Crippen molar-refractivity contribution >= 4 is 92.1 Å². The number of amides is 7. The number of benzene rings is 4. The molecule has 0 unspecified atom stereocenters. The molecular formula is C58H73ClN10O14S2.